The largest absolute Gasteiger partial charge is 0.380 e. The van der Waals surface area contributed by atoms with Crippen molar-refractivity contribution in [2.75, 3.05) is 31.3 Å². The molecular weight excluding hydrogens is 470 g/mol. The number of methoxy groups -OCH3 is 1. The van der Waals surface area contributed by atoms with Crippen LogP contribution in [0.2, 0.25) is 0 Å². The Morgan fingerprint density at radius 2 is 1.95 bits per heavy atom. The number of nitrogens with zero attached hydrogens (tertiary/aromatic N) is 2. The number of ketones is 1. The molecule has 37 heavy (non-hydrogen) atoms. The number of Topliss-reactive ketones (excluding diaryl/α,β-unsaturated/α-hetero) is 1. The summed E-state index contributed by atoms with van der Waals surface area (Å²) in [6.07, 6.45) is 1.97. The van der Waals surface area contributed by atoms with Crippen LogP contribution in [0.4, 0.5) is 17.2 Å². The minimum Gasteiger partial charge on any atom is -0.380 e. The number of pyridine rings is 1. The monoisotopic (exact) mass is 503 g/mol. The molecule has 0 fully saturated rings. The van der Waals surface area contributed by atoms with Gasteiger partial charge in [0.1, 0.15) is 5.82 Å². The van der Waals surface area contributed by atoms with Crippen molar-refractivity contribution in [3.05, 3.63) is 59.9 Å². The second-order valence-electron chi connectivity index (χ2n) is 9.90. The van der Waals surface area contributed by atoms with Gasteiger partial charge in [-0.1, -0.05) is 18.2 Å². The quantitative estimate of drug-likeness (QED) is 0.419. The van der Waals surface area contributed by atoms with Crippen LogP contribution >= 0.6 is 0 Å². The zero-order chi connectivity index (χ0) is 26.7. The molecule has 194 valence electrons. The lowest BCUT2D eigenvalue weighted by molar-refractivity contribution is -0.141. The van der Waals surface area contributed by atoms with Crippen LogP contribution < -0.4 is 10.6 Å². The highest BCUT2D eigenvalue weighted by molar-refractivity contribution is 6.10. The first kappa shape index (κ1) is 26.1. The number of para-hydroxylation sites is 1. The van der Waals surface area contributed by atoms with Gasteiger partial charge in [-0.25, -0.2) is 4.98 Å². The van der Waals surface area contributed by atoms with Gasteiger partial charge in [-0.05, 0) is 38.1 Å². The molecule has 4 rings (SSSR count). The molecule has 2 atom stereocenters. The number of anilines is 3. The van der Waals surface area contributed by atoms with E-state index >= 15 is 0 Å². The molecule has 0 spiro atoms. The van der Waals surface area contributed by atoms with Crippen molar-refractivity contribution in [3.8, 4) is 11.3 Å². The van der Waals surface area contributed by atoms with E-state index < -0.39 is 5.41 Å². The van der Waals surface area contributed by atoms with Crippen LogP contribution in [0, 0.1) is 5.41 Å². The van der Waals surface area contributed by atoms with E-state index in [1.54, 1.807) is 31.3 Å². The van der Waals surface area contributed by atoms with Crippen LogP contribution in [0.1, 0.15) is 43.2 Å². The summed E-state index contributed by atoms with van der Waals surface area (Å²) < 4.78 is 5.32. The summed E-state index contributed by atoms with van der Waals surface area (Å²) in [5, 5.41) is 6.11. The highest BCUT2D eigenvalue weighted by Gasteiger charge is 2.44. The van der Waals surface area contributed by atoms with Gasteiger partial charge in [-0.2, -0.15) is 0 Å². The van der Waals surface area contributed by atoms with Crippen LogP contribution in [0.25, 0.3) is 11.3 Å². The van der Waals surface area contributed by atoms with Crippen molar-refractivity contribution in [3.63, 3.8) is 0 Å². The molecule has 2 heterocycles. The van der Waals surface area contributed by atoms with Gasteiger partial charge in [-0.3, -0.25) is 14.4 Å². The summed E-state index contributed by atoms with van der Waals surface area (Å²) in [6, 6.07) is 13.2. The van der Waals surface area contributed by atoms with Crippen LogP contribution in [0.15, 0.2) is 48.7 Å². The lowest BCUT2D eigenvalue weighted by Gasteiger charge is -2.35. The first-order valence-corrected chi connectivity index (χ1v) is 12.2. The zero-order valence-corrected chi connectivity index (χ0v) is 21.8. The summed E-state index contributed by atoms with van der Waals surface area (Å²) >= 11 is 0. The third-order valence-corrected chi connectivity index (χ3v) is 6.67. The zero-order valence-electron chi connectivity index (χ0n) is 21.8. The molecule has 0 saturated heterocycles. The fourth-order valence-corrected chi connectivity index (χ4v) is 4.88. The second-order valence-corrected chi connectivity index (χ2v) is 9.90. The standard InChI is InChI=1S/C28H33N5O4/c1-17(37-5)16-33(4)27(36)28(3)14-21-24(22(35)15-28)26(31-20-9-7-6-8-10-20)25(32-21)19-11-12-29-23(13-19)30-18(2)34/h6-13,17,31-32H,14-16H2,1-5H3,(H,29,30,34). The average molecular weight is 504 g/mol. The Bertz CT molecular complexity index is 1320. The maximum atomic E-state index is 13.6. The Morgan fingerprint density at radius 1 is 1.22 bits per heavy atom. The summed E-state index contributed by atoms with van der Waals surface area (Å²) in [5.41, 5.74) is 3.27. The number of ether oxygens (including phenoxy) is 1. The van der Waals surface area contributed by atoms with E-state index in [1.807, 2.05) is 50.2 Å². The van der Waals surface area contributed by atoms with Gasteiger partial charge in [0.15, 0.2) is 5.78 Å². The number of carbonyl (C=O) groups excluding carboxylic acids is 3. The minimum atomic E-state index is -0.891. The molecule has 9 heteroatoms. The topological polar surface area (TPSA) is 116 Å². The molecule has 0 aliphatic heterocycles. The Kier molecular flexibility index (Phi) is 7.45. The maximum Gasteiger partial charge on any atom is 0.229 e. The van der Waals surface area contributed by atoms with E-state index in [9.17, 15) is 14.4 Å². The number of hydrogen-bond donors (Lipinski definition) is 3. The van der Waals surface area contributed by atoms with Gasteiger partial charge < -0.3 is 25.3 Å². The summed E-state index contributed by atoms with van der Waals surface area (Å²) in [4.78, 5) is 48.0. The molecular formula is C28H33N5O4. The molecule has 1 aromatic carbocycles. The number of hydrogen-bond acceptors (Lipinski definition) is 6. The molecule has 1 aliphatic carbocycles. The Labute approximate surface area is 216 Å². The molecule has 3 N–H and O–H groups in total. The molecule has 3 aromatic rings. The van der Waals surface area contributed by atoms with E-state index in [4.69, 9.17) is 4.74 Å². The van der Waals surface area contributed by atoms with Crippen molar-refractivity contribution in [1.82, 2.24) is 14.9 Å². The number of aromatic nitrogens is 2. The normalized spacial score (nSPS) is 17.6. The Hall–Kier alpha value is -3.98. The number of carbonyl (C=O) groups is 3. The number of fused-ring (bicyclic) bond motifs is 1. The summed E-state index contributed by atoms with van der Waals surface area (Å²) in [6.45, 7) is 5.60. The van der Waals surface area contributed by atoms with E-state index in [1.165, 1.54) is 6.92 Å². The van der Waals surface area contributed by atoms with Gasteiger partial charge in [0.05, 0.1) is 28.5 Å². The van der Waals surface area contributed by atoms with Crippen molar-refractivity contribution < 1.29 is 19.1 Å². The average Bonchev–Trinajstić information content (AvgIpc) is 3.21. The lowest BCUT2D eigenvalue weighted by Crippen LogP contribution is -2.47. The number of likely N-dealkylation sites (N-methyl/N-ethyl adjacent to an activating group) is 1. The van der Waals surface area contributed by atoms with Gasteiger partial charge in [0.25, 0.3) is 0 Å². The molecule has 0 saturated carbocycles. The predicted octanol–water partition coefficient (Wildman–Crippen LogP) is 4.41. The Morgan fingerprint density at radius 3 is 2.62 bits per heavy atom. The fraction of sp³-hybridized carbons (Fsp3) is 0.357. The fourth-order valence-electron chi connectivity index (χ4n) is 4.88. The summed E-state index contributed by atoms with van der Waals surface area (Å²) in [5.74, 6) is -0.0266. The van der Waals surface area contributed by atoms with Crippen molar-refractivity contribution in [2.24, 2.45) is 5.41 Å². The van der Waals surface area contributed by atoms with E-state index in [0.29, 0.717) is 41.4 Å². The highest BCUT2D eigenvalue weighted by Crippen LogP contribution is 2.44. The Balaban J connectivity index is 1.77. The van der Waals surface area contributed by atoms with Crippen LogP contribution in [-0.2, 0) is 20.7 Å². The van der Waals surface area contributed by atoms with Gasteiger partial charge in [0.2, 0.25) is 11.8 Å². The molecule has 9 nitrogen and oxygen atoms in total. The van der Waals surface area contributed by atoms with Gasteiger partial charge in [0, 0.05) is 63.6 Å². The third-order valence-electron chi connectivity index (χ3n) is 6.67. The predicted molar refractivity (Wildman–Crippen MR) is 143 cm³/mol. The van der Waals surface area contributed by atoms with Crippen LogP contribution in [0.5, 0.6) is 0 Å². The van der Waals surface area contributed by atoms with Crippen molar-refractivity contribution >= 4 is 34.8 Å². The first-order chi connectivity index (χ1) is 17.6. The number of aromatic amines is 1. The third kappa shape index (κ3) is 5.56. The van der Waals surface area contributed by atoms with E-state index in [2.05, 4.69) is 20.6 Å². The van der Waals surface area contributed by atoms with Crippen LogP contribution in [0.3, 0.4) is 0 Å². The van der Waals surface area contributed by atoms with Gasteiger partial charge >= 0.3 is 0 Å². The summed E-state index contributed by atoms with van der Waals surface area (Å²) in [7, 11) is 3.35. The van der Waals surface area contributed by atoms with E-state index in [0.717, 1.165) is 11.3 Å². The molecule has 1 aliphatic rings. The first-order valence-electron chi connectivity index (χ1n) is 12.2. The van der Waals surface area contributed by atoms with Crippen LogP contribution in [-0.4, -0.2) is 59.3 Å². The lowest BCUT2D eigenvalue weighted by atomic mass is 9.73. The van der Waals surface area contributed by atoms with Crippen molar-refractivity contribution in [1.29, 1.82) is 0 Å². The number of amides is 2. The molecule has 0 radical (unpaired) electrons. The highest BCUT2D eigenvalue weighted by atomic mass is 16.5. The number of benzene rings is 1. The number of H-pyrrole nitrogens is 1. The van der Waals surface area contributed by atoms with Crippen molar-refractivity contribution in [2.45, 2.75) is 39.7 Å². The minimum absolute atomic E-state index is 0.0960. The molecule has 0 bridgehead atoms. The van der Waals surface area contributed by atoms with Gasteiger partial charge in [-0.15, -0.1) is 0 Å². The molecule has 2 aromatic heterocycles. The second kappa shape index (κ2) is 10.6. The number of nitrogens with one attached hydrogen (secondary N) is 3. The number of rotatable bonds is 8. The molecule has 2 amide bonds. The van der Waals surface area contributed by atoms with E-state index in [-0.39, 0.29) is 30.1 Å². The maximum absolute atomic E-state index is 13.6. The molecule has 2 unspecified atom stereocenters. The SMILES string of the molecule is COC(C)CN(C)C(=O)C1(C)CC(=O)c2c([nH]c(-c3ccnc(NC(C)=O)c3)c2Nc2ccccc2)C1. The smallest absolute Gasteiger partial charge is 0.229 e.